The molecule has 0 spiro atoms. The number of unbranched alkanes of at least 4 members (excludes halogenated alkanes) is 2. The molecule has 0 aliphatic heterocycles. The highest BCUT2D eigenvalue weighted by atomic mass is 32.1. The van der Waals surface area contributed by atoms with E-state index in [2.05, 4.69) is 0 Å². The maximum atomic E-state index is 15.4. The first-order valence-corrected chi connectivity index (χ1v) is 15.9. The van der Waals surface area contributed by atoms with E-state index in [4.69, 9.17) is 29.2 Å². The van der Waals surface area contributed by atoms with Crippen molar-refractivity contribution in [3.8, 4) is 23.0 Å². The van der Waals surface area contributed by atoms with Gasteiger partial charge in [-0.2, -0.15) is 0 Å². The van der Waals surface area contributed by atoms with E-state index < -0.39 is 29.5 Å². The van der Waals surface area contributed by atoms with E-state index in [0.29, 0.717) is 28.7 Å². The summed E-state index contributed by atoms with van der Waals surface area (Å²) in [6.45, 7) is 1.72. The zero-order valence-corrected chi connectivity index (χ0v) is 26.9. The number of carboxylic acid groups (broad SMARTS) is 2. The van der Waals surface area contributed by atoms with Gasteiger partial charge in [-0.05, 0) is 31.4 Å². The number of ketones is 2. The highest BCUT2D eigenvalue weighted by Gasteiger charge is 2.23. The monoisotopic (exact) mass is 678 g/mol. The summed E-state index contributed by atoms with van der Waals surface area (Å²) in [4.78, 5) is 47.3. The van der Waals surface area contributed by atoms with E-state index >= 15 is 8.78 Å². The van der Waals surface area contributed by atoms with Crippen molar-refractivity contribution >= 4 is 66.4 Å². The number of carbonyl (C=O) groups is 4. The fourth-order valence-corrected chi connectivity index (χ4v) is 6.67. The van der Waals surface area contributed by atoms with Gasteiger partial charge in [-0.15, -0.1) is 22.7 Å². The summed E-state index contributed by atoms with van der Waals surface area (Å²) in [5, 5.41) is 18.3. The maximum absolute atomic E-state index is 15.4. The Morgan fingerprint density at radius 3 is 1.65 bits per heavy atom. The number of carbonyl (C=O) groups excluding carboxylic acids is 2. The molecular formula is C32H32F2O10S2. The number of methoxy groups -OCH3 is 2. The number of aliphatic carboxylic acids is 2. The summed E-state index contributed by atoms with van der Waals surface area (Å²) in [6.07, 6.45) is 0.912. The number of hydrogen-bond acceptors (Lipinski definition) is 10. The van der Waals surface area contributed by atoms with Crippen molar-refractivity contribution in [3.63, 3.8) is 0 Å². The van der Waals surface area contributed by atoms with Gasteiger partial charge in [-0.1, -0.05) is 6.92 Å². The average molecular weight is 679 g/mol. The minimum Gasteiger partial charge on any atom is -0.493 e. The molecule has 2 heterocycles. The second-order valence-electron chi connectivity index (χ2n) is 10.4. The molecule has 4 rings (SSSR count). The van der Waals surface area contributed by atoms with Crippen LogP contribution >= 0.6 is 22.7 Å². The van der Waals surface area contributed by atoms with Crippen LogP contribution in [0.15, 0.2) is 24.3 Å². The van der Waals surface area contributed by atoms with Gasteiger partial charge in [0.2, 0.25) is 0 Å². The molecule has 0 radical (unpaired) electrons. The van der Waals surface area contributed by atoms with Gasteiger partial charge in [0.1, 0.15) is 0 Å². The molecule has 2 aromatic carbocycles. The number of Topliss-reactive ketones (excluding diaryl/α,β-unsaturated/α-hetero) is 2. The van der Waals surface area contributed by atoms with Crippen LogP contribution in [0.2, 0.25) is 0 Å². The molecule has 0 bridgehead atoms. The summed E-state index contributed by atoms with van der Waals surface area (Å²) in [6, 6.07) is 5.93. The molecule has 0 aliphatic carbocycles. The Labute approximate surface area is 270 Å². The Kier molecular flexibility index (Phi) is 11.5. The molecular weight excluding hydrogens is 646 g/mol. The second-order valence-corrected chi connectivity index (χ2v) is 12.6. The van der Waals surface area contributed by atoms with Crippen LogP contribution in [-0.2, 0) is 9.59 Å². The van der Waals surface area contributed by atoms with Crippen molar-refractivity contribution in [1.82, 2.24) is 0 Å². The molecule has 1 atom stereocenters. The summed E-state index contributed by atoms with van der Waals surface area (Å²) < 4.78 is 53.8. The molecule has 10 nitrogen and oxygen atoms in total. The molecule has 0 fully saturated rings. The number of rotatable bonds is 18. The van der Waals surface area contributed by atoms with E-state index in [0.717, 1.165) is 22.7 Å². The summed E-state index contributed by atoms with van der Waals surface area (Å²) >= 11 is 2.11. The van der Waals surface area contributed by atoms with Gasteiger partial charge >= 0.3 is 11.9 Å². The quantitative estimate of drug-likeness (QED) is 0.0807. The van der Waals surface area contributed by atoms with Gasteiger partial charge < -0.3 is 29.2 Å². The lowest BCUT2D eigenvalue weighted by molar-refractivity contribution is -0.141. The van der Waals surface area contributed by atoms with E-state index in [1.54, 1.807) is 12.1 Å². The van der Waals surface area contributed by atoms with Crippen LogP contribution in [0.4, 0.5) is 8.78 Å². The Morgan fingerprint density at radius 2 is 1.22 bits per heavy atom. The molecule has 246 valence electrons. The van der Waals surface area contributed by atoms with Crippen molar-refractivity contribution in [1.29, 1.82) is 0 Å². The summed E-state index contributed by atoms with van der Waals surface area (Å²) in [5.41, 5.74) is 0. The highest BCUT2D eigenvalue weighted by molar-refractivity contribution is 7.21. The molecule has 0 unspecified atom stereocenters. The fourth-order valence-electron chi connectivity index (χ4n) is 4.58. The summed E-state index contributed by atoms with van der Waals surface area (Å²) in [5.74, 6) is -5.06. The standard InChI is InChI=1S/C32H32F2O10S2/c1-16(32(39)40)11-20(36)26-13-18-24(46-26)15-22(42-3)31(29(18)34)44-10-6-4-5-9-43-30-21(41-2)14-23-17(28(30)33)12-25(45-23)19(35)7-8-27(37)38/h12-16H,4-11H2,1-3H3,(H,37,38)(H,39,40)/t16-/m0/s1. The minimum absolute atomic E-state index is 0.0975. The molecule has 2 aromatic heterocycles. The maximum Gasteiger partial charge on any atom is 0.306 e. The fraction of sp³-hybridized carbons (Fsp3) is 0.375. The predicted octanol–water partition coefficient (Wildman–Crippen LogP) is 7.38. The Bertz CT molecular complexity index is 1780. The third-order valence-corrected chi connectivity index (χ3v) is 9.36. The van der Waals surface area contributed by atoms with Crippen LogP contribution in [0.1, 0.15) is 64.8 Å². The lowest BCUT2D eigenvalue weighted by atomic mass is 10.0. The van der Waals surface area contributed by atoms with Crippen LogP contribution in [0, 0.1) is 17.6 Å². The number of thiophene rings is 2. The molecule has 4 aromatic rings. The molecule has 0 amide bonds. The zero-order chi connectivity index (χ0) is 33.5. The Morgan fingerprint density at radius 1 is 0.739 bits per heavy atom. The lowest BCUT2D eigenvalue weighted by Gasteiger charge is -2.13. The van der Waals surface area contributed by atoms with Crippen molar-refractivity contribution in [2.45, 2.75) is 45.4 Å². The largest absolute Gasteiger partial charge is 0.493 e. The van der Waals surface area contributed by atoms with Crippen LogP contribution < -0.4 is 18.9 Å². The topological polar surface area (TPSA) is 146 Å². The van der Waals surface area contributed by atoms with Gasteiger partial charge in [0.15, 0.2) is 46.2 Å². The zero-order valence-electron chi connectivity index (χ0n) is 25.3. The number of ether oxygens (including phenoxy) is 4. The van der Waals surface area contributed by atoms with Crippen LogP contribution in [0.5, 0.6) is 23.0 Å². The van der Waals surface area contributed by atoms with Gasteiger partial charge in [-0.25, -0.2) is 8.78 Å². The van der Waals surface area contributed by atoms with Crippen molar-refractivity contribution in [3.05, 3.63) is 45.7 Å². The average Bonchev–Trinajstić information content (AvgIpc) is 3.66. The Hall–Kier alpha value is -4.30. The second kappa shape index (κ2) is 15.3. The van der Waals surface area contributed by atoms with E-state index in [1.165, 1.54) is 33.3 Å². The number of carboxylic acids is 2. The molecule has 0 saturated carbocycles. The number of halogens is 2. The normalized spacial score (nSPS) is 11.8. The predicted molar refractivity (Wildman–Crippen MR) is 168 cm³/mol. The summed E-state index contributed by atoms with van der Waals surface area (Å²) in [7, 11) is 2.74. The molecule has 0 aliphatic rings. The van der Waals surface area contributed by atoms with Gasteiger partial charge in [0, 0.05) is 45.1 Å². The van der Waals surface area contributed by atoms with Crippen molar-refractivity contribution in [2.24, 2.45) is 5.92 Å². The van der Waals surface area contributed by atoms with Gasteiger partial charge in [0.25, 0.3) is 0 Å². The SMILES string of the molecule is COc1cc2sc(C(=O)CCC(=O)O)cc2c(F)c1OCCCCCOc1c(OC)cc2sc(C(=O)C[C@H](C)C(=O)O)cc2c1F. The van der Waals surface area contributed by atoms with Gasteiger partial charge in [0.05, 0.1) is 49.5 Å². The molecule has 14 heteroatoms. The first-order chi connectivity index (χ1) is 21.9. The van der Waals surface area contributed by atoms with Crippen LogP contribution in [-0.4, -0.2) is 61.2 Å². The Balaban J connectivity index is 1.33. The van der Waals surface area contributed by atoms with E-state index in [1.807, 2.05) is 0 Å². The first kappa shape index (κ1) is 34.6. The highest BCUT2D eigenvalue weighted by Crippen LogP contribution is 2.42. The van der Waals surface area contributed by atoms with E-state index in [-0.39, 0.29) is 87.6 Å². The van der Waals surface area contributed by atoms with Crippen molar-refractivity contribution < 1.29 is 57.1 Å². The minimum atomic E-state index is -1.09. The van der Waals surface area contributed by atoms with Crippen LogP contribution in [0.25, 0.3) is 20.2 Å². The third-order valence-electron chi connectivity index (χ3n) is 7.12. The number of fused-ring (bicyclic) bond motifs is 2. The number of hydrogen-bond donors (Lipinski definition) is 2. The number of benzene rings is 2. The van der Waals surface area contributed by atoms with E-state index in [9.17, 15) is 19.2 Å². The third kappa shape index (κ3) is 7.91. The van der Waals surface area contributed by atoms with Gasteiger partial charge in [-0.3, -0.25) is 19.2 Å². The molecule has 0 saturated heterocycles. The molecule has 46 heavy (non-hydrogen) atoms. The smallest absolute Gasteiger partial charge is 0.306 e. The molecule has 2 N–H and O–H groups in total. The van der Waals surface area contributed by atoms with Crippen LogP contribution in [0.3, 0.4) is 0 Å². The van der Waals surface area contributed by atoms with Crippen molar-refractivity contribution in [2.75, 3.05) is 27.4 Å². The first-order valence-electron chi connectivity index (χ1n) is 14.3. The lowest BCUT2D eigenvalue weighted by Crippen LogP contribution is -2.13.